The van der Waals surface area contributed by atoms with Gasteiger partial charge in [-0.3, -0.25) is 0 Å². The minimum Gasteiger partial charge on any atom is -0.494 e. The van der Waals surface area contributed by atoms with Crippen molar-refractivity contribution in [2.24, 2.45) is 0 Å². The zero-order valence-corrected chi connectivity index (χ0v) is 18.3. The third-order valence-corrected chi connectivity index (χ3v) is 6.02. The minimum absolute atomic E-state index is 0.0200. The predicted molar refractivity (Wildman–Crippen MR) is 120 cm³/mol. The van der Waals surface area contributed by atoms with Crippen LogP contribution in [-0.4, -0.2) is 65.6 Å². The maximum atomic E-state index is 13.1. The average molecular weight is 441 g/mol. The first kappa shape index (κ1) is 21.9. The van der Waals surface area contributed by atoms with Crippen LogP contribution in [0.4, 0.5) is 19.7 Å². The number of hydrogen-bond acceptors (Lipinski definition) is 3. The van der Waals surface area contributed by atoms with E-state index in [4.69, 9.17) is 4.74 Å². The van der Waals surface area contributed by atoms with E-state index in [1.54, 1.807) is 21.9 Å². The Morgan fingerprint density at radius 1 is 1.03 bits per heavy atom. The van der Waals surface area contributed by atoms with E-state index >= 15 is 0 Å². The Hall–Kier alpha value is -3.29. The lowest BCUT2D eigenvalue weighted by Gasteiger charge is -2.36. The number of carbonyl (C=O) groups is 2. The summed E-state index contributed by atoms with van der Waals surface area (Å²) in [5, 5.41) is 2.93. The number of halogens is 1. The van der Waals surface area contributed by atoms with E-state index in [1.165, 1.54) is 12.1 Å². The molecular weight excluding hydrogens is 411 g/mol. The van der Waals surface area contributed by atoms with Gasteiger partial charge in [0.2, 0.25) is 0 Å². The van der Waals surface area contributed by atoms with Crippen molar-refractivity contribution in [3.8, 4) is 5.75 Å². The Kier molecular flexibility index (Phi) is 6.78. The molecule has 0 aromatic heterocycles. The van der Waals surface area contributed by atoms with Crippen LogP contribution in [0.5, 0.6) is 5.75 Å². The van der Waals surface area contributed by atoms with Crippen molar-refractivity contribution >= 4 is 17.7 Å². The van der Waals surface area contributed by atoms with Gasteiger partial charge in [0.15, 0.2) is 0 Å². The highest BCUT2D eigenvalue weighted by atomic mass is 19.1. The molecule has 0 aliphatic carbocycles. The SMILES string of the molecule is CCOc1ccc(NC(=O)N2CCC(N3CCN(Cc4ccc(F)cc4)C3=O)CC2)cc1. The summed E-state index contributed by atoms with van der Waals surface area (Å²) in [6, 6.07) is 13.6. The third kappa shape index (κ3) is 5.12. The summed E-state index contributed by atoms with van der Waals surface area (Å²) in [7, 11) is 0. The molecule has 1 N–H and O–H groups in total. The Bertz CT molecular complexity index is 927. The molecule has 4 amide bonds. The highest BCUT2D eigenvalue weighted by Crippen LogP contribution is 2.23. The molecule has 2 aromatic rings. The minimum atomic E-state index is -0.276. The number of ether oxygens (including phenoxy) is 1. The van der Waals surface area contributed by atoms with Gasteiger partial charge in [0.1, 0.15) is 11.6 Å². The lowest BCUT2D eigenvalue weighted by Crippen LogP contribution is -2.49. The number of urea groups is 2. The van der Waals surface area contributed by atoms with Gasteiger partial charge in [-0.15, -0.1) is 0 Å². The molecule has 2 heterocycles. The van der Waals surface area contributed by atoms with Crippen LogP contribution in [0.15, 0.2) is 48.5 Å². The normalized spacial score (nSPS) is 17.1. The predicted octanol–water partition coefficient (Wildman–Crippen LogP) is 4.16. The number of hydrogen-bond donors (Lipinski definition) is 1. The zero-order chi connectivity index (χ0) is 22.5. The van der Waals surface area contributed by atoms with Crippen molar-refractivity contribution in [2.45, 2.75) is 32.4 Å². The molecule has 0 bridgehead atoms. The van der Waals surface area contributed by atoms with Crippen LogP contribution < -0.4 is 10.1 Å². The molecule has 4 rings (SSSR count). The van der Waals surface area contributed by atoms with Crippen molar-refractivity contribution in [3.63, 3.8) is 0 Å². The molecule has 0 radical (unpaired) electrons. The topological polar surface area (TPSA) is 65.1 Å². The molecule has 0 saturated carbocycles. The first-order valence-electron chi connectivity index (χ1n) is 11.1. The maximum absolute atomic E-state index is 13.1. The molecule has 32 heavy (non-hydrogen) atoms. The zero-order valence-electron chi connectivity index (χ0n) is 18.3. The third-order valence-electron chi connectivity index (χ3n) is 6.02. The summed E-state index contributed by atoms with van der Waals surface area (Å²) in [4.78, 5) is 31.0. The van der Waals surface area contributed by atoms with Gasteiger partial charge in [-0.1, -0.05) is 12.1 Å². The van der Waals surface area contributed by atoms with Gasteiger partial charge in [0, 0.05) is 44.5 Å². The number of likely N-dealkylation sites (tertiary alicyclic amines) is 1. The summed E-state index contributed by atoms with van der Waals surface area (Å²) in [5.74, 6) is 0.497. The molecule has 0 atom stereocenters. The summed E-state index contributed by atoms with van der Waals surface area (Å²) in [6.45, 7) is 5.57. The summed E-state index contributed by atoms with van der Waals surface area (Å²) in [5.41, 5.74) is 1.65. The second-order valence-electron chi connectivity index (χ2n) is 8.13. The maximum Gasteiger partial charge on any atom is 0.321 e. The molecule has 2 aromatic carbocycles. The van der Waals surface area contributed by atoms with E-state index in [1.807, 2.05) is 36.1 Å². The molecule has 2 fully saturated rings. The largest absolute Gasteiger partial charge is 0.494 e. The van der Waals surface area contributed by atoms with Crippen LogP contribution >= 0.6 is 0 Å². The highest BCUT2D eigenvalue weighted by molar-refractivity contribution is 5.89. The van der Waals surface area contributed by atoms with Crippen LogP contribution in [0.3, 0.4) is 0 Å². The van der Waals surface area contributed by atoms with Crippen molar-refractivity contribution in [2.75, 3.05) is 38.1 Å². The number of nitrogens with zero attached hydrogens (tertiary/aromatic N) is 3. The van der Waals surface area contributed by atoms with E-state index < -0.39 is 0 Å². The van der Waals surface area contributed by atoms with E-state index in [0.717, 1.165) is 29.8 Å². The van der Waals surface area contributed by atoms with Crippen molar-refractivity contribution in [3.05, 3.63) is 59.9 Å². The van der Waals surface area contributed by atoms with E-state index in [0.29, 0.717) is 39.3 Å². The fraction of sp³-hybridized carbons (Fsp3) is 0.417. The molecule has 7 nitrogen and oxygen atoms in total. The average Bonchev–Trinajstić information content (AvgIpc) is 3.17. The summed E-state index contributed by atoms with van der Waals surface area (Å²) >= 11 is 0. The Morgan fingerprint density at radius 3 is 2.38 bits per heavy atom. The van der Waals surface area contributed by atoms with Crippen LogP contribution in [0.1, 0.15) is 25.3 Å². The number of anilines is 1. The number of carbonyl (C=O) groups excluding carboxylic acids is 2. The summed E-state index contributed by atoms with van der Waals surface area (Å²) < 4.78 is 18.5. The van der Waals surface area contributed by atoms with Gasteiger partial charge in [-0.25, -0.2) is 14.0 Å². The first-order chi connectivity index (χ1) is 15.5. The van der Waals surface area contributed by atoms with E-state index in [-0.39, 0.29) is 23.9 Å². The van der Waals surface area contributed by atoms with Crippen LogP contribution in [0.2, 0.25) is 0 Å². The molecule has 8 heteroatoms. The lowest BCUT2D eigenvalue weighted by molar-refractivity contribution is 0.139. The smallest absolute Gasteiger partial charge is 0.321 e. The second-order valence-corrected chi connectivity index (χ2v) is 8.13. The van der Waals surface area contributed by atoms with Crippen LogP contribution in [0, 0.1) is 5.82 Å². The monoisotopic (exact) mass is 440 g/mol. The van der Waals surface area contributed by atoms with Gasteiger partial charge in [0.25, 0.3) is 0 Å². The van der Waals surface area contributed by atoms with Crippen molar-refractivity contribution < 1.29 is 18.7 Å². The quantitative estimate of drug-likeness (QED) is 0.734. The number of benzene rings is 2. The van der Waals surface area contributed by atoms with Gasteiger partial charge < -0.3 is 24.8 Å². The first-order valence-corrected chi connectivity index (χ1v) is 11.1. The number of piperidine rings is 1. The van der Waals surface area contributed by atoms with Gasteiger partial charge in [0.05, 0.1) is 6.61 Å². The molecule has 0 unspecified atom stereocenters. The van der Waals surface area contributed by atoms with E-state index in [9.17, 15) is 14.0 Å². The lowest BCUT2D eigenvalue weighted by atomic mass is 10.0. The van der Waals surface area contributed by atoms with Crippen molar-refractivity contribution in [1.29, 1.82) is 0 Å². The molecule has 0 spiro atoms. The van der Waals surface area contributed by atoms with Gasteiger partial charge in [-0.2, -0.15) is 0 Å². The molecule has 2 aliphatic heterocycles. The van der Waals surface area contributed by atoms with Crippen LogP contribution in [0.25, 0.3) is 0 Å². The van der Waals surface area contributed by atoms with Gasteiger partial charge >= 0.3 is 12.1 Å². The molecule has 2 aliphatic rings. The Labute approximate surface area is 187 Å². The summed E-state index contributed by atoms with van der Waals surface area (Å²) in [6.07, 6.45) is 1.51. The molecule has 170 valence electrons. The fourth-order valence-electron chi connectivity index (χ4n) is 4.28. The Balaban J connectivity index is 1.25. The van der Waals surface area contributed by atoms with Gasteiger partial charge in [-0.05, 0) is 61.7 Å². The molecular formula is C24H29FN4O3. The number of nitrogens with one attached hydrogen (secondary N) is 1. The standard InChI is InChI=1S/C24H29FN4O3/c1-2-32-22-9-7-20(8-10-22)26-23(30)27-13-11-21(12-14-27)29-16-15-28(24(29)31)17-18-3-5-19(25)6-4-18/h3-10,21H,2,11-17H2,1H3,(H,26,30). The Morgan fingerprint density at radius 2 is 1.72 bits per heavy atom. The van der Waals surface area contributed by atoms with Crippen LogP contribution in [-0.2, 0) is 6.54 Å². The van der Waals surface area contributed by atoms with Crippen molar-refractivity contribution in [1.82, 2.24) is 14.7 Å². The number of rotatable bonds is 6. The fourth-order valence-corrected chi connectivity index (χ4v) is 4.28. The molecule has 2 saturated heterocycles. The number of amides is 4. The highest BCUT2D eigenvalue weighted by Gasteiger charge is 2.36. The van der Waals surface area contributed by atoms with E-state index in [2.05, 4.69) is 5.32 Å². The second kappa shape index (κ2) is 9.89.